The molecular formula is C29H25N3O5S. The minimum absolute atomic E-state index is 0.0541. The number of furan rings is 1. The molecule has 0 aliphatic carbocycles. The van der Waals surface area contributed by atoms with Gasteiger partial charge in [-0.25, -0.2) is 4.21 Å². The molecule has 1 atom stereocenters. The molecule has 9 heteroatoms. The lowest BCUT2D eigenvalue weighted by atomic mass is 10.1. The summed E-state index contributed by atoms with van der Waals surface area (Å²) >= 11 is 0. The van der Waals surface area contributed by atoms with Gasteiger partial charge in [-0.05, 0) is 55.8 Å². The summed E-state index contributed by atoms with van der Waals surface area (Å²) in [5, 5.41) is 12.0. The van der Waals surface area contributed by atoms with Crippen LogP contribution in [-0.4, -0.2) is 38.5 Å². The van der Waals surface area contributed by atoms with E-state index in [4.69, 9.17) is 4.42 Å². The Kier molecular flexibility index (Phi) is 8.48. The molecule has 0 spiro atoms. The predicted octanol–water partition coefficient (Wildman–Crippen LogP) is 4.68. The number of aromatic nitrogens is 1. The summed E-state index contributed by atoms with van der Waals surface area (Å²) in [6.07, 6.45) is 4.56. The Morgan fingerprint density at radius 2 is 1.82 bits per heavy atom. The first-order valence-electron chi connectivity index (χ1n) is 11.8. The molecule has 0 saturated carbocycles. The summed E-state index contributed by atoms with van der Waals surface area (Å²) in [6, 6.07) is 18.8. The lowest BCUT2D eigenvalue weighted by Gasteiger charge is -2.09. The number of carbonyl (C=O) groups is 2. The highest BCUT2D eigenvalue weighted by molar-refractivity contribution is 7.94. The van der Waals surface area contributed by atoms with Crippen molar-refractivity contribution in [3.63, 3.8) is 0 Å². The number of amides is 2. The van der Waals surface area contributed by atoms with Gasteiger partial charge >= 0.3 is 0 Å². The van der Waals surface area contributed by atoms with E-state index in [1.807, 2.05) is 0 Å². The summed E-state index contributed by atoms with van der Waals surface area (Å²) in [5.41, 5.74) is 2.54. The SMILES string of the molecule is Cc1ccoc1C(=O)Nc1cccc(C#Cc2cncc(C(=O)N=[S@](=O)(CCCO)c3ccccc3)c2)c1. The van der Waals surface area contributed by atoms with Gasteiger partial charge in [-0.3, -0.25) is 14.6 Å². The minimum Gasteiger partial charge on any atom is -0.459 e. The fourth-order valence-corrected chi connectivity index (χ4v) is 5.44. The molecular weight excluding hydrogens is 502 g/mol. The van der Waals surface area contributed by atoms with Gasteiger partial charge in [0.1, 0.15) is 0 Å². The van der Waals surface area contributed by atoms with Gasteiger partial charge in [-0.2, -0.15) is 4.36 Å². The zero-order valence-corrected chi connectivity index (χ0v) is 21.4. The van der Waals surface area contributed by atoms with Crippen LogP contribution in [0.4, 0.5) is 5.69 Å². The van der Waals surface area contributed by atoms with Crippen LogP contribution in [0.1, 0.15) is 44.0 Å². The van der Waals surface area contributed by atoms with E-state index in [1.54, 1.807) is 67.6 Å². The van der Waals surface area contributed by atoms with Crippen LogP contribution >= 0.6 is 0 Å². The van der Waals surface area contributed by atoms with Crippen molar-refractivity contribution >= 4 is 27.2 Å². The third-order valence-corrected chi connectivity index (χ3v) is 7.76. The van der Waals surface area contributed by atoms with Crippen LogP contribution in [0, 0.1) is 18.8 Å². The fourth-order valence-electron chi connectivity index (χ4n) is 3.53. The molecule has 0 fully saturated rings. The van der Waals surface area contributed by atoms with Crippen molar-refractivity contribution in [3.8, 4) is 11.8 Å². The molecule has 192 valence electrons. The van der Waals surface area contributed by atoms with Crippen LogP contribution in [0.5, 0.6) is 0 Å². The smallest absolute Gasteiger partial charge is 0.291 e. The second kappa shape index (κ2) is 12.1. The number of rotatable bonds is 7. The van der Waals surface area contributed by atoms with Crippen molar-refractivity contribution in [2.75, 3.05) is 17.7 Å². The number of benzene rings is 2. The number of hydrogen-bond acceptors (Lipinski definition) is 6. The molecule has 38 heavy (non-hydrogen) atoms. The Bertz CT molecular complexity index is 1640. The van der Waals surface area contributed by atoms with Crippen molar-refractivity contribution in [1.82, 2.24) is 4.98 Å². The van der Waals surface area contributed by atoms with Gasteiger partial charge < -0.3 is 14.8 Å². The van der Waals surface area contributed by atoms with E-state index in [-0.39, 0.29) is 36.0 Å². The number of hydrogen-bond donors (Lipinski definition) is 2. The fraction of sp³-hybridized carbons (Fsp3) is 0.138. The van der Waals surface area contributed by atoms with Crippen molar-refractivity contribution in [2.24, 2.45) is 4.36 Å². The van der Waals surface area contributed by atoms with Gasteiger partial charge in [0.05, 0.1) is 21.6 Å². The van der Waals surface area contributed by atoms with Crippen molar-refractivity contribution < 1.29 is 23.3 Å². The molecule has 0 saturated heterocycles. The topological polar surface area (TPSA) is 122 Å². The van der Waals surface area contributed by atoms with Crippen LogP contribution in [0.2, 0.25) is 0 Å². The lowest BCUT2D eigenvalue weighted by Crippen LogP contribution is -2.12. The van der Waals surface area contributed by atoms with E-state index in [0.29, 0.717) is 21.7 Å². The highest BCUT2D eigenvalue weighted by Gasteiger charge is 2.17. The number of aliphatic hydroxyl groups excluding tert-OH is 1. The largest absolute Gasteiger partial charge is 0.459 e. The van der Waals surface area contributed by atoms with E-state index >= 15 is 0 Å². The molecule has 0 unspecified atom stereocenters. The molecule has 0 radical (unpaired) electrons. The molecule has 0 aliphatic rings. The second-order valence-corrected chi connectivity index (χ2v) is 10.7. The standard InChI is InChI=1S/C29H25N3O5S/c1-21-13-15-37-27(21)29(35)31-25-8-5-7-22(18-25)11-12-23-17-24(20-30-19-23)28(34)32-38(36,16-6-14-33)26-9-3-2-4-10-26/h2-5,7-10,13,15,17-20,33H,6,14,16H2,1H3,(H,31,35)/t38-/m0/s1. The van der Waals surface area contributed by atoms with Crippen LogP contribution in [0.15, 0.2) is 99.1 Å². The molecule has 0 bridgehead atoms. The van der Waals surface area contributed by atoms with Crippen molar-refractivity contribution in [2.45, 2.75) is 18.2 Å². The monoisotopic (exact) mass is 527 g/mol. The van der Waals surface area contributed by atoms with E-state index in [0.717, 1.165) is 5.56 Å². The van der Waals surface area contributed by atoms with Gasteiger partial charge in [0.15, 0.2) is 5.76 Å². The highest BCUT2D eigenvalue weighted by Crippen LogP contribution is 2.18. The number of anilines is 1. The third-order valence-electron chi connectivity index (χ3n) is 5.45. The lowest BCUT2D eigenvalue weighted by molar-refractivity contribution is 0.0991. The van der Waals surface area contributed by atoms with Gasteiger partial charge in [0, 0.05) is 52.0 Å². The number of aliphatic hydroxyl groups is 1. The molecule has 2 N–H and O–H groups in total. The van der Waals surface area contributed by atoms with Crippen molar-refractivity contribution in [1.29, 1.82) is 0 Å². The summed E-state index contributed by atoms with van der Waals surface area (Å²) < 4.78 is 22.8. The molecule has 2 aromatic carbocycles. The maximum Gasteiger partial charge on any atom is 0.291 e. The number of nitrogens with zero attached hydrogens (tertiary/aromatic N) is 2. The minimum atomic E-state index is -3.07. The first-order valence-corrected chi connectivity index (χ1v) is 13.4. The molecule has 2 amide bonds. The number of nitrogens with one attached hydrogen (secondary N) is 1. The molecule has 8 nitrogen and oxygen atoms in total. The predicted molar refractivity (Wildman–Crippen MR) is 144 cm³/mol. The summed E-state index contributed by atoms with van der Waals surface area (Å²) in [4.78, 5) is 29.9. The van der Waals surface area contributed by atoms with E-state index in [2.05, 4.69) is 26.5 Å². The van der Waals surface area contributed by atoms with Crippen LogP contribution in [-0.2, 0) is 9.73 Å². The Labute approximate surface area is 220 Å². The number of aryl methyl sites for hydroxylation is 1. The Hall–Kier alpha value is -4.52. The van der Waals surface area contributed by atoms with Crippen molar-refractivity contribution in [3.05, 3.63) is 113 Å². The first-order chi connectivity index (χ1) is 18.4. The van der Waals surface area contributed by atoms with E-state index in [9.17, 15) is 18.9 Å². The maximum absolute atomic E-state index is 13.5. The van der Waals surface area contributed by atoms with Crippen LogP contribution in [0.25, 0.3) is 0 Å². The average Bonchev–Trinajstić information content (AvgIpc) is 3.37. The van der Waals surface area contributed by atoms with Gasteiger partial charge in [0.25, 0.3) is 11.8 Å². The average molecular weight is 528 g/mol. The van der Waals surface area contributed by atoms with Gasteiger partial charge in [0.2, 0.25) is 0 Å². The first kappa shape index (κ1) is 26.5. The number of pyridine rings is 1. The summed E-state index contributed by atoms with van der Waals surface area (Å²) in [7, 11) is -3.07. The molecule has 2 heterocycles. The molecule has 4 aromatic rings. The Balaban J connectivity index is 1.55. The normalized spacial score (nSPS) is 12.1. The highest BCUT2D eigenvalue weighted by atomic mass is 32.2. The van der Waals surface area contributed by atoms with E-state index in [1.165, 1.54) is 24.7 Å². The molecule has 4 rings (SSSR count). The van der Waals surface area contributed by atoms with Gasteiger partial charge in [-0.15, -0.1) is 0 Å². The van der Waals surface area contributed by atoms with Crippen LogP contribution in [0.3, 0.4) is 0 Å². The van der Waals surface area contributed by atoms with Crippen LogP contribution < -0.4 is 5.32 Å². The molecule has 0 aliphatic heterocycles. The summed E-state index contributed by atoms with van der Waals surface area (Å²) in [6.45, 7) is 1.63. The quantitative estimate of drug-likeness (QED) is 0.337. The third kappa shape index (κ3) is 6.62. The second-order valence-electron chi connectivity index (χ2n) is 8.31. The number of carbonyl (C=O) groups excluding carboxylic acids is 2. The zero-order valence-electron chi connectivity index (χ0n) is 20.6. The van der Waals surface area contributed by atoms with Gasteiger partial charge in [-0.1, -0.05) is 36.1 Å². The Morgan fingerprint density at radius 3 is 2.55 bits per heavy atom. The maximum atomic E-state index is 13.5. The Morgan fingerprint density at radius 1 is 1.03 bits per heavy atom. The summed E-state index contributed by atoms with van der Waals surface area (Å²) in [5.74, 6) is 5.22. The zero-order chi connectivity index (χ0) is 27.0. The van der Waals surface area contributed by atoms with E-state index < -0.39 is 15.6 Å². The molecule has 2 aromatic heterocycles.